The zero-order valence-electron chi connectivity index (χ0n) is 10.6. The summed E-state index contributed by atoms with van der Waals surface area (Å²) < 4.78 is 1.05. The van der Waals surface area contributed by atoms with Gasteiger partial charge in [0, 0.05) is 4.88 Å². The molecule has 1 nitrogen and oxygen atoms in total. The van der Waals surface area contributed by atoms with Crippen LogP contribution >= 0.6 is 27.3 Å². The molecule has 0 saturated carbocycles. The molecule has 1 N–H and O–H groups in total. The monoisotopic (exact) mass is 324 g/mol. The second-order valence-electron chi connectivity index (χ2n) is 4.88. The van der Waals surface area contributed by atoms with Gasteiger partial charge in [-0.3, -0.25) is 0 Å². The van der Waals surface area contributed by atoms with Gasteiger partial charge in [0.2, 0.25) is 0 Å². The first-order valence-corrected chi connectivity index (χ1v) is 7.69. The molecule has 0 amide bonds. The Morgan fingerprint density at radius 1 is 1.11 bits per heavy atom. The predicted octanol–water partition coefficient (Wildman–Crippen LogP) is 4.79. The number of rotatable bonds is 4. The molecule has 2 rings (SSSR count). The number of hydrogen-bond donors (Lipinski definition) is 1. The Morgan fingerprint density at radius 2 is 1.78 bits per heavy atom. The van der Waals surface area contributed by atoms with Gasteiger partial charge in [0.1, 0.15) is 6.10 Å². The molecule has 1 atom stereocenters. The quantitative estimate of drug-likeness (QED) is 0.857. The van der Waals surface area contributed by atoms with Gasteiger partial charge >= 0.3 is 0 Å². The minimum Gasteiger partial charge on any atom is -0.383 e. The lowest BCUT2D eigenvalue weighted by Crippen LogP contribution is -1.98. The number of aliphatic hydroxyl groups is 1. The van der Waals surface area contributed by atoms with Gasteiger partial charge < -0.3 is 5.11 Å². The summed E-state index contributed by atoms with van der Waals surface area (Å²) in [7, 11) is 0. The van der Waals surface area contributed by atoms with Crippen molar-refractivity contribution >= 4 is 27.3 Å². The molecule has 0 saturated heterocycles. The topological polar surface area (TPSA) is 20.2 Å². The Labute approximate surface area is 121 Å². The van der Waals surface area contributed by atoms with Crippen LogP contribution in [0.4, 0.5) is 0 Å². The lowest BCUT2D eigenvalue weighted by Gasteiger charge is -2.10. The van der Waals surface area contributed by atoms with Gasteiger partial charge in [-0.05, 0) is 51.5 Å². The van der Waals surface area contributed by atoms with Crippen molar-refractivity contribution in [2.45, 2.75) is 26.4 Å². The van der Waals surface area contributed by atoms with E-state index in [1.54, 1.807) is 11.3 Å². The summed E-state index contributed by atoms with van der Waals surface area (Å²) in [5, 5.41) is 10.3. The van der Waals surface area contributed by atoms with Crippen molar-refractivity contribution in [3.63, 3.8) is 0 Å². The fourth-order valence-corrected chi connectivity index (χ4v) is 3.38. The summed E-state index contributed by atoms with van der Waals surface area (Å²) in [6.45, 7) is 4.43. The van der Waals surface area contributed by atoms with Gasteiger partial charge in [-0.2, -0.15) is 0 Å². The Kier molecular flexibility index (Phi) is 4.60. The average Bonchev–Trinajstić information content (AvgIpc) is 2.75. The molecule has 96 valence electrons. The van der Waals surface area contributed by atoms with E-state index in [4.69, 9.17) is 0 Å². The number of benzene rings is 1. The molecule has 2 aromatic rings. The van der Waals surface area contributed by atoms with Crippen LogP contribution in [0, 0.1) is 5.92 Å². The molecule has 0 aliphatic heterocycles. The van der Waals surface area contributed by atoms with E-state index in [9.17, 15) is 5.11 Å². The van der Waals surface area contributed by atoms with Crippen molar-refractivity contribution in [1.82, 2.24) is 0 Å². The SMILES string of the molecule is CC(C)Cc1ccc(C(O)c2ccc(Br)s2)cc1. The Morgan fingerprint density at radius 3 is 2.28 bits per heavy atom. The van der Waals surface area contributed by atoms with Crippen LogP contribution in [0.15, 0.2) is 40.2 Å². The Bertz CT molecular complexity index is 501. The molecule has 0 fully saturated rings. The molecular weight excluding hydrogens is 308 g/mol. The van der Waals surface area contributed by atoms with Crippen molar-refractivity contribution in [3.05, 3.63) is 56.2 Å². The van der Waals surface area contributed by atoms with E-state index in [1.807, 2.05) is 24.3 Å². The van der Waals surface area contributed by atoms with E-state index in [0.717, 1.165) is 20.6 Å². The van der Waals surface area contributed by atoms with Gasteiger partial charge in [0.25, 0.3) is 0 Å². The molecule has 0 radical (unpaired) electrons. The van der Waals surface area contributed by atoms with Crippen LogP contribution in [-0.4, -0.2) is 5.11 Å². The van der Waals surface area contributed by atoms with Gasteiger partial charge in [-0.15, -0.1) is 11.3 Å². The normalized spacial score (nSPS) is 12.9. The highest BCUT2D eigenvalue weighted by Gasteiger charge is 2.12. The number of halogens is 1. The number of thiophene rings is 1. The third-order valence-corrected chi connectivity index (χ3v) is 4.48. The van der Waals surface area contributed by atoms with E-state index in [1.165, 1.54) is 5.56 Å². The first-order valence-electron chi connectivity index (χ1n) is 6.08. The van der Waals surface area contributed by atoms with Crippen molar-refractivity contribution in [1.29, 1.82) is 0 Å². The number of aliphatic hydroxyl groups excluding tert-OH is 1. The molecule has 0 aliphatic carbocycles. The zero-order chi connectivity index (χ0) is 13.1. The molecule has 18 heavy (non-hydrogen) atoms. The van der Waals surface area contributed by atoms with Crippen molar-refractivity contribution < 1.29 is 5.11 Å². The summed E-state index contributed by atoms with van der Waals surface area (Å²) in [6, 6.07) is 12.2. The largest absolute Gasteiger partial charge is 0.383 e. The molecule has 0 spiro atoms. The highest BCUT2D eigenvalue weighted by atomic mass is 79.9. The summed E-state index contributed by atoms with van der Waals surface area (Å²) in [5.41, 5.74) is 2.28. The smallest absolute Gasteiger partial charge is 0.113 e. The second kappa shape index (κ2) is 6.00. The Balaban J connectivity index is 2.14. The lowest BCUT2D eigenvalue weighted by atomic mass is 10.00. The van der Waals surface area contributed by atoms with E-state index in [2.05, 4.69) is 41.9 Å². The van der Waals surface area contributed by atoms with E-state index in [0.29, 0.717) is 5.92 Å². The van der Waals surface area contributed by atoms with Gasteiger partial charge in [-0.25, -0.2) is 0 Å². The van der Waals surface area contributed by atoms with Crippen molar-refractivity contribution in [2.75, 3.05) is 0 Å². The van der Waals surface area contributed by atoms with Crippen LogP contribution in [0.25, 0.3) is 0 Å². The predicted molar refractivity (Wildman–Crippen MR) is 81.1 cm³/mol. The average molecular weight is 325 g/mol. The molecule has 3 heteroatoms. The van der Waals surface area contributed by atoms with Crippen molar-refractivity contribution in [3.8, 4) is 0 Å². The second-order valence-corrected chi connectivity index (χ2v) is 7.38. The summed E-state index contributed by atoms with van der Waals surface area (Å²) in [6.07, 6.45) is 0.565. The number of hydrogen-bond acceptors (Lipinski definition) is 2. The van der Waals surface area contributed by atoms with Gasteiger partial charge in [0.05, 0.1) is 3.79 Å². The van der Waals surface area contributed by atoms with E-state index in [-0.39, 0.29) is 0 Å². The van der Waals surface area contributed by atoms with Crippen molar-refractivity contribution in [2.24, 2.45) is 5.92 Å². The minimum atomic E-state index is -0.519. The molecular formula is C15H17BrOS. The highest BCUT2D eigenvalue weighted by molar-refractivity contribution is 9.11. The third-order valence-electron chi connectivity index (χ3n) is 2.80. The zero-order valence-corrected chi connectivity index (χ0v) is 13.0. The maximum atomic E-state index is 10.3. The van der Waals surface area contributed by atoms with Crippen LogP contribution in [0.1, 0.15) is 36.0 Å². The highest BCUT2D eigenvalue weighted by Crippen LogP contribution is 2.31. The summed E-state index contributed by atoms with van der Waals surface area (Å²) >= 11 is 4.99. The molecule has 1 aromatic carbocycles. The molecule has 0 bridgehead atoms. The van der Waals surface area contributed by atoms with Gasteiger partial charge in [0.15, 0.2) is 0 Å². The van der Waals surface area contributed by atoms with Crippen LogP contribution in [-0.2, 0) is 6.42 Å². The first-order chi connectivity index (χ1) is 8.56. The standard InChI is InChI=1S/C15H17BrOS/c1-10(2)9-11-3-5-12(6-4-11)15(17)13-7-8-14(16)18-13/h3-8,10,15,17H,9H2,1-2H3. The maximum absolute atomic E-state index is 10.3. The summed E-state index contributed by atoms with van der Waals surface area (Å²) in [5.74, 6) is 0.661. The lowest BCUT2D eigenvalue weighted by molar-refractivity contribution is 0.224. The maximum Gasteiger partial charge on any atom is 0.113 e. The van der Waals surface area contributed by atoms with E-state index >= 15 is 0 Å². The first kappa shape index (κ1) is 13.8. The fraction of sp³-hybridized carbons (Fsp3) is 0.333. The molecule has 1 aromatic heterocycles. The molecule has 1 heterocycles. The Hall–Kier alpha value is -0.640. The summed E-state index contributed by atoms with van der Waals surface area (Å²) in [4.78, 5) is 0.971. The fourth-order valence-electron chi connectivity index (χ4n) is 1.95. The van der Waals surface area contributed by atoms with Crippen LogP contribution < -0.4 is 0 Å². The minimum absolute atomic E-state index is 0.519. The van der Waals surface area contributed by atoms with Crippen LogP contribution in [0.3, 0.4) is 0 Å². The van der Waals surface area contributed by atoms with Crippen LogP contribution in [0.5, 0.6) is 0 Å². The van der Waals surface area contributed by atoms with Gasteiger partial charge in [-0.1, -0.05) is 38.1 Å². The third kappa shape index (κ3) is 3.44. The molecule has 1 unspecified atom stereocenters. The van der Waals surface area contributed by atoms with E-state index < -0.39 is 6.10 Å². The molecule has 0 aliphatic rings. The van der Waals surface area contributed by atoms with Crippen LogP contribution in [0.2, 0.25) is 0 Å².